The first kappa shape index (κ1) is 74.3. The fourth-order valence-corrected chi connectivity index (χ4v) is 12.6. The molecule has 0 bridgehead atoms. The van der Waals surface area contributed by atoms with Crippen molar-refractivity contribution < 1.29 is 47.6 Å². The highest BCUT2D eigenvalue weighted by Gasteiger charge is 2.22. The zero-order valence-electron chi connectivity index (χ0n) is 53.5. The van der Waals surface area contributed by atoms with E-state index in [1.54, 1.807) is 24.3 Å². The second-order valence-corrected chi connectivity index (χ2v) is 26.0. The van der Waals surface area contributed by atoms with Crippen LogP contribution >= 0.6 is 21.6 Å². The molecule has 86 heavy (non-hydrogen) atoms. The van der Waals surface area contributed by atoms with E-state index in [2.05, 4.69) is 79.2 Å². The van der Waals surface area contributed by atoms with Gasteiger partial charge in [0.1, 0.15) is 11.5 Å². The van der Waals surface area contributed by atoms with Gasteiger partial charge in [-0.05, 0) is 202 Å². The number of unbranched alkanes of at least 4 members (excludes halogenated alkanes) is 12. The molecule has 0 atom stereocenters. The zero-order chi connectivity index (χ0) is 61.2. The average molecular weight is 1230 g/mol. The van der Waals surface area contributed by atoms with Gasteiger partial charge in [-0.15, -0.1) is 0 Å². The maximum atomic E-state index is 12.8. The summed E-state index contributed by atoms with van der Waals surface area (Å²) in [5.41, 5.74) is 1.67. The molecule has 2 aromatic rings. The normalized spacial score (nSPS) is 14.8. The number of allylic oxidation sites excluding steroid dienone is 8. The number of carbonyl (C=O) groups is 4. The van der Waals surface area contributed by atoms with Gasteiger partial charge in [0.05, 0.1) is 32.5 Å². The summed E-state index contributed by atoms with van der Waals surface area (Å²) in [7, 11) is 3.96. The standard InChI is InChI=1S/C72H112N2O10S2/c1-4-7-10-13-16-17-18-19-20-21-22-23-24-25-28-31-68(75)83-66-36-32-64(33-37-66)60-70(77)79-56-46-62-42-48-73(49-43-62)52-58-85-86-59-53-74-50-44-63(45-51-74)47-57-80-71(78)61-65-34-38-67(39-35-65)84-69(76)40-41-72(81-54-29-26-14-11-8-5-2)82-55-30-27-15-12-9-6-3/h8-9,11-12,16-17,19-20,32-39,62-63,72H,4-7,10,13-15,18,21-31,40-61H2,1-3H3/b11-8-,12-9-,17-16-,20-19-. The molecule has 2 aliphatic rings. The van der Waals surface area contributed by atoms with E-state index < -0.39 is 6.29 Å². The molecule has 2 saturated heterocycles. The van der Waals surface area contributed by atoms with Crippen LogP contribution < -0.4 is 9.47 Å². The second-order valence-electron chi connectivity index (χ2n) is 23.3. The third kappa shape index (κ3) is 39.0. The predicted octanol–water partition coefficient (Wildman–Crippen LogP) is 17.2. The monoisotopic (exact) mass is 1230 g/mol. The predicted molar refractivity (Wildman–Crippen MR) is 357 cm³/mol. The van der Waals surface area contributed by atoms with Crippen molar-refractivity contribution in [1.29, 1.82) is 0 Å². The molecular weight excluding hydrogens is 1120 g/mol. The maximum Gasteiger partial charge on any atom is 0.311 e. The van der Waals surface area contributed by atoms with Crippen LogP contribution in [-0.4, -0.2) is 117 Å². The number of carbonyl (C=O) groups excluding carboxylic acids is 4. The van der Waals surface area contributed by atoms with Gasteiger partial charge in [-0.25, -0.2) is 0 Å². The van der Waals surface area contributed by atoms with Crippen LogP contribution in [-0.2, 0) is 51.0 Å². The molecule has 0 N–H and O–H groups in total. The number of benzene rings is 2. The lowest BCUT2D eigenvalue weighted by molar-refractivity contribution is -0.155. The van der Waals surface area contributed by atoms with Crippen LogP contribution in [0.25, 0.3) is 0 Å². The number of hydrogen-bond acceptors (Lipinski definition) is 14. The third-order valence-electron chi connectivity index (χ3n) is 15.9. The van der Waals surface area contributed by atoms with Crippen LogP contribution in [0.4, 0.5) is 0 Å². The minimum Gasteiger partial charge on any atom is -0.465 e. The van der Waals surface area contributed by atoms with Crippen LogP contribution in [0.5, 0.6) is 11.5 Å². The molecule has 0 unspecified atom stereocenters. The van der Waals surface area contributed by atoms with Gasteiger partial charge in [0, 0.05) is 50.7 Å². The summed E-state index contributed by atoms with van der Waals surface area (Å²) in [5.74, 6) is 3.38. The highest BCUT2D eigenvalue weighted by atomic mass is 33.1. The lowest BCUT2D eigenvalue weighted by Gasteiger charge is -2.32. The van der Waals surface area contributed by atoms with E-state index in [4.69, 9.17) is 28.4 Å². The number of ether oxygens (including phenoxy) is 6. The molecule has 2 fully saturated rings. The minimum absolute atomic E-state index is 0.182. The van der Waals surface area contributed by atoms with Crippen LogP contribution in [0.3, 0.4) is 0 Å². The Labute approximate surface area is 528 Å². The van der Waals surface area contributed by atoms with Crippen molar-refractivity contribution in [2.75, 3.05) is 77.2 Å². The fourth-order valence-electron chi connectivity index (χ4n) is 10.5. The van der Waals surface area contributed by atoms with Gasteiger partial charge in [0.15, 0.2) is 6.29 Å². The molecule has 0 saturated carbocycles. The van der Waals surface area contributed by atoms with Crippen molar-refractivity contribution in [2.45, 2.75) is 220 Å². The fraction of sp³-hybridized carbons (Fsp3) is 0.667. The van der Waals surface area contributed by atoms with E-state index in [9.17, 15) is 19.2 Å². The van der Waals surface area contributed by atoms with Gasteiger partial charge in [-0.3, -0.25) is 19.2 Å². The van der Waals surface area contributed by atoms with Gasteiger partial charge < -0.3 is 38.2 Å². The van der Waals surface area contributed by atoms with Crippen LogP contribution in [0.2, 0.25) is 0 Å². The maximum absolute atomic E-state index is 12.8. The number of esters is 4. The van der Waals surface area contributed by atoms with Crippen molar-refractivity contribution in [3.8, 4) is 11.5 Å². The van der Waals surface area contributed by atoms with Gasteiger partial charge in [0.2, 0.25) is 0 Å². The van der Waals surface area contributed by atoms with E-state index in [1.165, 1.54) is 38.5 Å². The SMILES string of the molecule is CC/C=C\CCCCOC(CCC(=O)Oc1ccc(CC(=O)OCCC2CCN(CCSSCCN3CCC(CCOC(=O)Cc4ccc(OC(=O)CCCCCCC/C=C\C/C=C\CCCCC)cc4)CC3)CC2)cc1)OCCCC/C=C\CC. The Balaban J connectivity index is 0.930. The number of likely N-dealkylation sites (tertiary alicyclic amines) is 2. The molecule has 14 heteroatoms. The first-order valence-electron chi connectivity index (χ1n) is 33.7. The van der Waals surface area contributed by atoms with Crippen molar-refractivity contribution in [3.05, 3.63) is 108 Å². The average Bonchev–Trinajstić information content (AvgIpc) is 3.68. The molecule has 2 aliphatic heterocycles. The minimum atomic E-state index is -0.441. The topological polar surface area (TPSA) is 130 Å². The Bertz CT molecular complexity index is 2140. The molecule has 4 rings (SSSR count). The smallest absolute Gasteiger partial charge is 0.311 e. The Morgan fingerprint density at radius 1 is 0.477 bits per heavy atom. The van der Waals surface area contributed by atoms with Gasteiger partial charge in [-0.1, -0.05) is 147 Å². The van der Waals surface area contributed by atoms with Gasteiger partial charge in [0.25, 0.3) is 0 Å². The Morgan fingerprint density at radius 3 is 1.36 bits per heavy atom. The Kier molecular flexibility index (Phi) is 43.8. The third-order valence-corrected chi connectivity index (χ3v) is 18.3. The summed E-state index contributed by atoms with van der Waals surface area (Å²) in [6, 6.07) is 14.3. The molecule has 0 aromatic heterocycles. The Hall–Kier alpha value is -4.18. The highest BCUT2D eigenvalue weighted by molar-refractivity contribution is 8.76. The van der Waals surface area contributed by atoms with Crippen molar-refractivity contribution in [1.82, 2.24) is 9.80 Å². The first-order valence-corrected chi connectivity index (χ1v) is 36.1. The molecule has 0 radical (unpaired) electrons. The Morgan fingerprint density at radius 2 is 0.895 bits per heavy atom. The summed E-state index contributed by atoms with van der Waals surface area (Å²) in [6.45, 7) is 15.2. The lowest BCUT2D eigenvalue weighted by atomic mass is 9.94. The lowest BCUT2D eigenvalue weighted by Crippen LogP contribution is -2.36. The second kappa shape index (κ2) is 50.7. The van der Waals surface area contributed by atoms with E-state index in [0.717, 1.165) is 184 Å². The van der Waals surface area contributed by atoms with Crippen molar-refractivity contribution in [3.63, 3.8) is 0 Å². The molecular formula is C72H112N2O10S2. The molecule has 0 amide bonds. The number of rotatable bonds is 50. The molecule has 482 valence electrons. The molecule has 0 spiro atoms. The highest BCUT2D eigenvalue weighted by Crippen LogP contribution is 2.27. The summed E-state index contributed by atoms with van der Waals surface area (Å²) >= 11 is 0. The van der Waals surface area contributed by atoms with Gasteiger partial charge >= 0.3 is 23.9 Å². The van der Waals surface area contributed by atoms with Crippen LogP contribution in [0, 0.1) is 11.8 Å². The van der Waals surface area contributed by atoms with Crippen molar-refractivity contribution >= 4 is 45.5 Å². The van der Waals surface area contributed by atoms with Crippen LogP contribution in [0.1, 0.15) is 212 Å². The molecule has 0 aliphatic carbocycles. The van der Waals surface area contributed by atoms with Gasteiger partial charge in [-0.2, -0.15) is 0 Å². The molecule has 2 aromatic carbocycles. The van der Waals surface area contributed by atoms with Crippen LogP contribution in [0.15, 0.2) is 97.1 Å². The quantitative estimate of drug-likeness (QED) is 0.0156. The number of hydrogen-bond donors (Lipinski definition) is 0. The number of nitrogens with zero attached hydrogens (tertiary/aromatic N) is 2. The molecule has 2 heterocycles. The van der Waals surface area contributed by atoms with Crippen molar-refractivity contribution in [2.24, 2.45) is 11.8 Å². The largest absolute Gasteiger partial charge is 0.465 e. The van der Waals surface area contributed by atoms with E-state index in [1.807, 2.05) is 45.9 Å². The summed E-state index contributed by atoms with van der Waals surface area (Å²) in [5, 5.41) is 0. The summed E-state index contributed by atoms with van der Waals surface area (Å²) in [6.07, 6.45) is 46.1. The van der Waals surface area contributed by atoms with E-state index >= 15 is 0 Å². The zero-order valence-corrected chi connectivity index (χ0v) is 55.1. The summed E-state index contributed by atoms with van der Waals surface area (Å²) in [4.78, 5) is 55.7. The summed E-state index contributed by atoms with van der Waals surface area (Å²) < 4.78 is 34.6. The van der Waals surface area contributed by atoms with E-state index in [-0.39, 0.29) is 43.1 Å². The first-order chi connectivity index (χ1) is 42.2. The molecule has 12 nitrogen and oxygen atoms in total. The number of piperidine rings is 2. The van der Waals surface area contributed by atoms with E-state index in [0.29, 0.717) is 62.6 Å².